The Bertz CT molecular complexity index is 1870. The highest BCUT2D eigenvalue weighted by Crippen LogP contribution is 2.58. The summed E-state index contributed by atoms with van der Waals surface area (Å²) in [6.45, 7) is 7.35. The molecule has 4 aromatic rings. The normalized spacial score (nSPS) is 21.7. The van der Waals surface area contributed by atoms with Gasteiger partial charge < -0.3 is 25.4 Å². The lowest BCUT2D eigenvalue weighted by Crippen LogP contribution is -2.48. The van der Waals surface area contributed by atoms with Crippen LogP contribution in [-0.2, 0) is 16.8 Å². The quantitative estimate of drug-likeness (QED) is 0.174. The second-order valence-corrected chi connectivity index (χ2v) is 14.5. The minimum Gasteiger partial charge on any atom is -0.495 e. The van der Waals surface area contributed by atoms with Crippen LogP contribution < -0.4 is 20.3 Å². The van der Waals surface area contributed by atoms with Crippen molar-refractivity contribution in [1.29, 1.82) is 0 Å². The van der Waals surface area contributed by atoms with Crippen LogP contribution in [0.2, 0.25) is 10.0 Å². The zero-order chi connectivity index (χ0) is 34.4. The Kier molecular flexibility index (Phi) is 9.15. The van der Waals surface area contributed by atoms with Crippen LogP contribution in [0.4, 0.5) is 15.8 Å². The van der Waals surface area contributed by atoms with Crippen molar-refractivity contribution in [3.05, 3.63) is 117 Å². The van der Waals surface area contributed by atoms with Crippen LogP contribution in [0.3, 0.4) is 0 Å². The average Bonchev–Trinajstić information content (AvgIpc) is 3.52. The maximum Gasteiger partial charge on any atom is 0.335 e. The summed E-state index contributed by atoms with van der Waals surface area (Å²) in [6.07, 6.45) is 2.41. The number of amides is 1. The molecule has 11 heteroatoms. The Morgan fingerprint density at radius 3 is 2.58 bits per heavy atom. The number of aromatic nitrogens is 1. The first-order chi connectivity index (χ1) is 22.8. The van der Waals surface area contributed by atoms with E-state index in [4.69, 9.17) is 27.9 Å². The van der Waals surface area contributed by atoms with Crippen LogP contribution >= 0.6 is 23.2 Å². The summed E-state index contributed by atoms with van der Waals surface area (Å²) in [5.41, 5.74) is 2.35. The molecule has 2 aliphatic heterocycles. The molecule has 1 fully saturated rings. The molecule has 6 rings (SSSR count). The molecule has 4 atom stereocenters. The van der Waals surface area contributed by atoms with E-state index in [9.17, 15) is 14.7 Å². The van der Waals surface area contributed by atoms with Gasteiger partial charge in [0.1, 0.15) is 11.6 Å². The number of carboxylic acid groups (broad SMARTS) is 1. The molecule has 3 N–H and O–H groups in total. The standard InChI is InChI=1S/C37H37Cl2FN4O4/c1-36(2,3)18-30-37(20-44(19-23-8-5-6-15-41-23)28-17-22(38)12-13-25(28)37)31(24-9-7-10-26(39)32(24)40)33(43-30)34(45)42-27-14-11-21(35(46)47)16-29(27)48-4/h5-17,30-31,33,43H,18-20H2,1-4H3,(H,42,45)(H,46,47)/t30-,31-,33+,37-/m0/s1. The minimum absolute atomic E-state index is 0.0149. The van der Waals surface area contributed by atoms with Crippen molar-refractivity contribution in [2.45, 2.75) is 57.2 Å². The number of methoxy groups -OCH3 is 1. The zero-order valence-corrected chi connectivity index (χ0v) is 28.6. The topological polar surface area (TPSA) is 104 Å². The number of carbonyl (C=O) groups excluding carboxylic acids is 1. The highest BCUT2D eigenvalue weighted by molar-refractivity contribution is 6.31. The Morgan fingerprint density at radius 1 is 1.10 bits per heavy atom. The van der Waals surface area contributed by atoms with Crippen molar-refractivity contribution in [3.8, 4) is 5.75 Å². The molecular formula is C37H37Cl2FN4O4. The number of halogens is 3. The SMILES string of the molecule is COc1cc(C(=O)O)ccc1NC(=O)[C@@H]1N[C@@H](CC(C)(C)C)[C@@]2(CN(Cc3ccccn3)c3cc(Cl)ccc32)[C@H]1c1cccc(Cl)c1F. The summed E-state index contributed by atoms with van der Waals surface area (Å²) in [7, 11) is 1.40. The van der Waals surface area contributed by atoms with Gasteiger partial charge in [-0.3, -0.25) is 9.78 Å². The van der Waals surface area contributed by atoms with Crippen molar-refractivity contribution in [3.63, 3.8) is 0 Å². The number of anilines is 2. The van der Waals surface area contributed by atoms with Crippen molar-refractivity contribution in [2.24, 2.45) is 5.41 Å². The molecule has 2 aliphatic rings. The first-order valence-corrected chi connectivity index (χ1v) is 16.4. The number of nitrogens with one attached hydrogen (secondary N) is 2. The molecular weight excluding hydrogens is 654 g/mol. The maximum absolute atomic E-state index is 16.3. The van der Waals surface area contributed by atoms with Crippen LogP contribution in [0, 0.1) is 11.2 Å². The number of rotatable bonds is 8. The second kappa shape index (κ2) is 13.0. The van der Waals surface area contributed by atoms with Gasteiger partial charge >= 0.3 is 5.97 Å². The molecule has 1 amide bonds. The molecule has 1 spiro atoms. The van der Waals surface area contributed by atoms with Crippen LogP contribution in [0.15, 0.2) is 79.0 Å². The summed E-state index contributed by atoms with van der Waals surface area (Å²) >= 11 is 13.0. The van der Waals surface area contributed by atoms with Gasteiger partial charge in [0.05, 0.1) is 41.7 Å². The smallest absolute Gasteiger partial charge is 0.335 e. The van der Waals surface area contributed by atoms with E-state index in [1.54, 1.807) is 18.3 Å². The molecule has 48 heavy (non-hydrogen) atoms. The Hall–Kier alpha value is -4.18. The second-order valence-electron chi connectivity index (χ2n) is 13.7. The number of pyridine rings is 1. The number of fused-ring (bicyclic) bond motifs is 2. The van der Waals surface area contributed by atoms with Gasteiger partial charge in [-0.15, -0.1) is 0 Å². The molecule has 0 radical (unpaired) electrons. The number of hydrogen-bond acceptors (Lipinski definition) is 6. The van der Waals surface area contributed by atoms with Crippen LogP contribution in [-0.4, -0.2) is 47.7 Å². The molecule has 250 valence electrons. The molecule has 0 bridgehead atoms. The Morgan fingerprint density at radius 2 is 1.90 bits per heavy atom. The molecule has 1 aromatic heterocycles. The van der Waals surface area contributed by atoms with Crippen LogP contribution in [0.1, 0.15) is 60.3 Å². The third-order valence-corrected chi connectivity index (χ3v) is 9.87. The Labute approximate surface area is 289 Å². The number of carboxylic acids is 1. The van der Waals surface area contributed by atoms with Gasteiger partial charge in [-0.05, 0) is 71.5 Å². The molecule has 3 aromatic carbocycles. The summed E-state index contributed by atoms with van der Waals surface area (Å²) in [5.74, 6) is -2.66. The van der Waals surface area contributed by atoms with Gasteiger partial charge in [0.15, 0.2) is 0 Å². The minimum atomic E-state index is -1.12. The van der Waals surface area contributed by atoms with Gasteiger partial charge in [-0.25, -0.2) is 9.18 Å². The van der Waals surface area contributed by atoms with E-state index in [2.05, 4.69) is 41.3 Å². The highest BCUT2D eigenvalue weighted by Gasteiger charge is 2.63. The number of hydrogen-bond donors (Lipinski definition) is 3. The monoisotopic (exact) mass is 690 g/mol. The predicted octanol–water partition coefficient (Wildman–Crippen LogP) is 7.69. The first kappa shape index (κ1) is 33.7. The van der Waals surface area contributed by atoms with Gasteiger partial charge in [0, 0.05) is 40.8 Å². The van der Waals surface area contributed by atoms with E-state index in [1.807, 2.05) is 36.4 Å². The van der Waals surface area contributed by atoms with Crippen molar-refractivity contribution >= 4 is 46.5 Å². The summed E-state index contributed by atoms with van der Waals surface area (Å²) in [5, 5.41) is 16.7. The maximum atomic E-state index is 16.3. The molecule has 3 heterocycles. The third-order valence-electron chi connectivity index (χ3n) is 9.35. The van der Waals surface area contributed by atoms with Gasteiger partial charge in [-0.1, -0.05) is 68.2 Å². The predicted molar refractivity (Wildman–Crippen MR) is 186 cm³/mol. The van der Waals surface area contributed by atoms with E-state index in [1.165, 1.54) is 31.4 Å². The van der Waals surface area contributed by atoms with Crippen molar-refractivity contribution in [1.82, 2.24) is 10.3 Å². The van der Waals surface area contributed by atoms with E-state index < -0.39 is 35.1 Å². The zero-order valence-electron chi connectivity index (χ0n) is 27.1. The lowest BCUT2D eigenvalue weighted by Gasteiger charge is -2.40. The summed E-state index contributed by atoms with van der Waals surface area (Å²) in [6, 6.07) is 19.5. The number of nitrogens with zero attached hydrogens (tertiary/aromatic N) is 2. The average molecular weight is 692 g/mol. The third kappa shape index (κ3) is 6.22. The van der Waals surface area contributed by atoms with Gasteiger partial charge in [0.25, 0.3) is 0 Å². The van der Waals surface area contributed by atoms with E-state index in [-0.39, 0.29) is 27.8 Å². The fourth-order valence-electron chi connectivity index (χ4n) is 7.45. The first-order valence-electron chi connectivity index (χ1n) is 15.7. The lowest BCUT2D eigenvalue weighted by molar-refractivity contribution is -0.118. The summed E-state index contributed by atoms with van der Waals surface area (Å²) in [4.78, 5) is 32.9. The number of ether oxygens (including phenoxy) is 1. The fourth-order valence-corrected chi connectivity index (χ4v) is 7.80. The molecule has 0 unspecified atom stereocenters. The lowest BCUT2D eigenvalue weighted by atomic mass is 9.63. The van der Waals surface area contributed by atoms with Crippen molar-refractivity contribution < 1.29 is 23.8 Å². The largest absolute Gasteiger partial charge is 0.495 e. The molecule has 8 nitrogen and oxygen atoms in total. The van der Waals surface area contributed by atoms with Crippen molar-refractivity contribution in [2.75, 3.05) is 23.9 Å². The van der Waals surface area contributed by atoms with E-state index in [0.29, 0.717) is 35.8 Å². The van der Waals surface area contributed by atoms with E-state index in [0.717, 1.165) is 16.9 Å². The molecule has 1 saturated heterocycles. The number of benzene rings is 3. The number of aromatic carboxylic acids is 1. The van der Waals surface area contributed by atoms with E-state index >= 15 is 4.39 Å². The highest BCUT2D eigenvalue weighted by atomic mass is 35.5. The number of carbonyl (C=O) groups is 2. The Balaban J connectivity index is 1.53. The molecule has 0 aliphatic carbocycles. The molecule has 0 saturated carbocycles. The van der Waals surface area contributed by atoms with Crippen LogP contribution in [0.5, 0.6) is 5.75 Å². The fraction of sp³-hybridized carbons (Fsp3) is 0.324. The summed E-state index contributed by atoms with van der Waals surface area (Å²) < 4.78 is 21.8. The van der Waals surface area contributed by atoms with Gasteiger partial charge in [0.2, 0.25) is 5.91 Å². The van der Waals surface area contributed by atoms with Crippen LogP contribution in [0.25, 0.3) is 0 Å². The van der Waals surface area contributed by atoms with Gasteiger partial charge in [-0.2, -0.15) is 0 Å².